The zero-order valence-corrected chi connectivity index (χ0v) is 24.1. The summed E-state index contributed by atoms with van der Waals surface area (Å²) in [5, 5.41) is 2.47. The van der Waals surface area contributed by atoms with E-state index >= 15 is 0 Å². The molecule has 0 spiro atoms. The van der Waals surface area contributed by atoms with Gasteiger partial charge in [-0.2, -0.15) is 0 Å². The number of aliphatic imine (C=N–C) groups is 1. The fourth-order valence-corrected chi connectivity index (χ4v) is 5.78. The number of anilines is 4. The highest BCUT2D eigenvalue weighted by molar-refractivity contribution is 6.11. The van der Waals surface area contributed by atoms with E-state index < -0.39 is 0 Å². The van der Waals surface area contributed by atoms with Gasteiger partial charge in [0, 0.05) is 46.2 Å². The van der Waals surface area contributed by atoms with Crippen LogP contribution in [0.4, 0.5) is 28.4 Å². The lowest BCUT2D eigenvalue weighted by molar-refractivity contribution is 1.17. The van der Waals surface area contributed by atoms with Gasteiger partial charge in [-0.25, -0.2) is 0 Å². The molecule has 0 aliphatic carbocycles. The Labute approximate surface area is 252 Å². The van der Waals surface area contributed by atoms with E-state index in [-0.39, 0.29) is 0 Å². The molecule has 0 saturated heterocycles. The first-order valence-electron chi connectivity index (χ1n) is 14.6. The van der Waals surface area contributed by atoms with Crippen molar-refractivity contribution in [3.63, 3.8) is 0 Å². The summed E-state index contributed by atoms with van der Waals surface area (Å²) in [7, 11) is 0. The summed E-state index contributed by atoms with van der Waals surface area (Å²) in [5.74, 6) is 0. The van der Waals surface area contributed by atoms with Gasteiger partial charge in [0.05, 0.1) is 22.4 Å². The van der Waals surface area contributed by atoms with E-state index in [1.807, 2.05) is 30.5 Å². The third-order valence-corrected chi connectivity index (χ3v) is 7.88. The number of aryl methyl sites for hydroxylation is 1. The lowest BCUT2D eigenvalue weighted by Crippen LogP contribution is -2.09. The summed E-state index contributed by atoms with van der Waals surface area (Å²) in [4.78, 5) is 6.89. The quantitative estimate of drug-likeness (QED) is 0.157. The van der Waals surface area contributed by atoms with Gasteiger partial charge in [0.2, 0.25) is 0 Å². The molecule has 7 aromatic rings. The van der Waals surface area contributed by atoms with Crippen molar-refractivity contribution in [3.8, 4) is 5.69 Å². The molecule has 0 saturated carbocycles. The van der Waals surface area contributed by atoms with Gasteiger partial charge in [-0.3, -0.25) is 4.99 Å². The van der Waals surface area contributed by atoms with Gasteiger partial charge in [0.1, 0.15) is 0 Å². The van der Waals surface area contributed by atoms with Gasteiger partial charge in [-0.05, 0) is 91.3 Å². The van der Waals surface area contributed by atoms with E-state index in [9.17, 15) is 0 Å². The number of nitrogens with zero attached hydrogens (tertiary/aromatic N) is 3. The number of rotatable bonds is 7. The summed E-state index contributed by atoms with van der Waals surface area (Å²) >= 11 is 0. The second-order valence-electron chi connectivity index (χ2n) is 10.8. The molecule has 6 aromatic carbocycles. The maximum atomic E-state index is 6.04. The predicted molar refractivity (Wildman–Crippen MR) is 183 cm³/mol. The first-order valence-corrected chi connectivity index (χ1v) is 14.6. The van der Waals surface area contributed by atoms with Crippen LogP contribution in [0.5, 0.6) is 0 Å². The Bertz CT molecular complexity index is 2020. The summed E-state index contributed by atoms with van der Waals surface area (Å²) in [6.45, 7) is 2.16. The molecule has 1 heterocycles. The van der Waals surface area contributed by atoms with Gasteiger partial charge in [-0.15, -0.1) is 0 Å². The number of hydrogen-bond acceptors (Lipinski definition) is 3. The third-order valence-electron chi connectivity index (χ3n) is 7.88. The average molecular weight is 557 g/mol. The summed E-state index contributed by atoms with van der Waals surface area (Å²) < 4.78 is 2.37. The van der Waals surface area contributed by atoms with Crippen LogP contribution < -0.4 is 10.6 Å². The average Bonchev–Trinajstić information content (AvgIpc) is 3.36. The molecular formula is C39H32N4. The SMILES string of the molecule is Cc1ccc2c(c1)c1cc(N(c3ccccc3)c3ccccc3)ccc1n2-c1ccc(C/C=N\c2ccccc2N)cc1. The monoisotopic (exact) mass is 556 g/mol. The Morgan fingerprint density at radius 3 is 1.91 bits per heavy atom. The third kappa shape index (κ3) is 5.15. The summed E-state index contributed by atoms with van der Waals surface area (Å²) in [5.41, 5.74) is 16.9. The van der Waals surface area contributed by atoms with Gasteiger partial charge in [-0.1, -0.05) is 72.3 Å². The Balaban J connectivity index is 1.29. The van der Waals surface area contributed by atoms with Crippen LogP contribution in [0.3, 0.4) is 0 Å². The molecule has 0 radical (unpaired) electrons. The summed E-state index contributed by atoms with van der Waals surface area (Å²) in [6.07, 6.45) is 2.66. The lowest BCUT2D eigenvalue weighted by atomic mass is 10.1. The predicted octanol–water partition coefficient (Wildman–Crippen LogP) is 10.1. The van der Waals surface area contributed by atoms with E-state index in [0.717, 1.165) is 34.9 Å². The second-order valence-corrected chi connectivity index (χ2v) is 10.8. The van der Waals surface area contributed by atoms with E-state index in [1.54, 1.807) is 0 Å². The Morgan fingerprint density at radius 2 is 1.23 bits per heavy atom. The smallest absolute Gasteiger partial charge is 0.0855 e. The molecule has 7 rings (SSSR count). The van der Waals surface area contributed by atoms with Gasteiger partial charge in [0.15, 0.2) is 0 Å². The topological polar surface area (TPSA) is 46.5 Å². The molecule has 4 heteroatoms. The number of benzene rings is 6. The molecule has 2 N–H and O–H groups in total. The molecule has 0 amide bonds. The maximum Gasteiger partial charge on any atom is 0.0855 e. The minimum Gasteiger partial charge on any atom is -0.397 e. The minimum atomic E-state index is 0.689. The van der Waals surface area contributed by atoms with Gasteiger partial charge in [0.25, 0.3) is 0 Å². The zero-order chi connectivity index (χ0) is 29.2. The second kappa shape index (κ2) is 11.3. The molecule has 0 aliphatic rings. The van der Waals surface area contributed by atoms with Crippen molar-refractivity contribution in [1.29, 1.82) is 0 Å². The Morgan fingerprint density at radius 1 is 0.628 bits per heavy atom. The fourth-order valence-electron chi connectivity index (χ4n) is 5.78. The lowest BCUT2D eigenvalue weighted by Gasteiger charge is -2.25. The molecule has 4 nitrogen and oxygen atoms in total. The number of hydrogen-bond donors (Lipinski definition) is 1. The van der Waals surface area contributed by atoms with E-state index in [1.165, 1.54) is 32.9 Å². The first kappa shape index (κ1) is 26.3. The first-order chi connectivity index (χ1) is 21.2. The number of para-hydroxylation sites is 4. The van der Waals surface area contributed by atoms with Crippen molar-refractivity contribution < 1.29 is 0 Å². The highest BCUT2D eigenvalue weighted by Gasteiger charge is 2.17. The van der Waals surface area contributed by atoms with E-state index in [4.69, 9.17) is 5.73 Å². The van der Waals surface area contributed by atoms with Crippen molar-refractivity contribution >= 4 is 56.5 Å². The molecule has 0 aliphatic heterocycles. The molecule has 1 aromatic heterocycles. The largest absolute Gasteiger partial charge is 0.397 e. The van der Waals surface area contributed by atoms with Crippen molar-refractivity contribution in [2.24, 2.45) is 4.99 Å². The highest BCUT2D eigenvalue weighted by Crippen LogP contribution is 2.39. The van der Waals surface area contributed by atoms with Crippen LogP contribution in [0.1, 0.15) is 11.1 Å². The van der Waals surface area contributed by atoms with Crippen molar-refractivity contribution in [2.45, 2.75) is 13.3 Å². The van der Waals surface area contributed by atoms with Gasteiger partial charge < -0.3 is 15.2 Å². The van der Waals surface area contributed by atoms with Crippen LogP contribution in [0.25, 0.3) is 27.5 Å². The molecule has 0 fully saturated rings. The molecular weight excluding hydrogens is 524 g/mol. The molecule has 0 atom stereocenters. The fraction of sp³-hybridized carbons (Fsp3) is 0.0513. The zero-order valence-electron chi connectivity index (χ0n) is 24.1. The van der Waals surface area contributed by atoms with Crippen molar-refractivity contribution in [2.75, 3.05) is 10.6 Å². The Kier molecular flexibility index (Phi) is 6.94. The molecule has 208 valence electrons. The van der Waals surface area contributed by atoms with Crippen LogP contribution in [-0.2, 0) is 6.42 Å². The minimum absolute atomic E-state index is 0.689. The van der Waals surface area contributed by atoms with Crippen LogP contribution >= 0.6 is 0 Å². The molecule has 43 heavy (non-hydrogen) atoms. The molecule has 0 unspecified atom stereocenters. The van der Waals surface area contributed by atoms with Gasteiger partial charge >= 0.3 is 0 Å². The van der Waals surface area contributed by atoms with Crippen molar-refractivity contribution in [1.82, 2.24) is 4.57 Å². The van der Waals surface area contributed by atoms with E-state index in [2.05, 4.69) is 143 Å². The van der Waals surface area contributed by atoms with Crippen LogP contribution in [-0.4, -0.2) is 10.8 Å². The Hall–Kier alpha value is -5.61. The number of fused-ring (bicyclic) bond motifs is 3. The van der Waals surface area contributed by atoms with Crippen molar-refractivity contribution in [3.05, 3.63) is 157 Å². The molecule has 0 bridgehead atoms. The normalized spacial score (nSPS) is 11.5. The van der Waals surface area contributed by atoms with Crippen LogP contribution in [0.2, 0.25) is 0 Å². The van der Waals surface area contributed by atoms with Crippen LogP contribution in [0, 0.1) is 6.92 Å². The van der Waals surface area contributed by atoms with Crippen LogP contribution in [0.15, 0.2) is 151 Å². The number of nitrogen functional groups attached to an aromatic ring is 1. The number of aromatic nitrogens is 1. The van der Waals surface area contributed by atoms with E-state index in [0.29, 0.717) is 5.69 Å². The summed E-state index contributed by atoms with van der Waals surface area (Å²) in [6, 6.07) is 51.1. The highest BCUT2D eigenvalue weighted by atomic mass is 15.1. The number of nitrogens with two attached hydrogens (primary N) is 1. The maximum absolute atomic E-state index is 6.04. The standard InChI is InChI=1S/C39H32N4/c1-28-16-22-38-34(26-28)35-27-33(42(30-10-4-2-5-11-30)31-12-6-3-7-13-31)21-23-39(35)43(38)32-19-17-29(18-20-32)24-25-41-37-15-9-8-14-36(37)40/h2-23,25-27H,24,40H2,1H3/b41-25-.